The van der Waals surface area contributed by atoms with Crippen molar-refractivity contribution in [3.05, 3.63) is 76.0 Å². The number of aliphatic imine (C=N–C) groups is 1. The molecule has 1 aromatic carbocycles. The summed E-state index contributed by atoms with van der Waals surface area (Å²) in [7, 11) is 2.10. The molecule has 0 aromatic heterocycles. The number of hydrogen-bond acceptors (Lipinski definition) is 5. The molecule has 0 amide bonds. The Bertz CT molecular complexity index is 822. The lowest BCUT2D eigenvalue weighted by atomic mass is 9.75. The molecule has 6 heteroatoms. The molecule has 1 fully saturated rings. The second-order valence-corrected chi connectivity index (χ2v) is 7.55. The van der Waals surface area contributed by atoms with E-state index in [0.29, 0.717) is 17.5 Å². The van der Waals surface area contributed by atoms with Crippen molar-refractivity contribution in [1.82, 2.24) is 4.90 Å². The van der Waals surface area contributed by atoms with Crippen molar-refractivity contribution in [2.24, 2.45) is 16.3 Å². The van der Waals surface area contributed by atoms with Crippen LogP contribution in [0.25, 0.3) is 0 Å². The maximum Gasteiger partial charge on any atom is 0.269 e. The number of allylic oxidation sites excluding steroid dienone is 4. The van der Waals surface area contributed by atoms with Gasteiger partial charge in [-0.3, -0.25) is 15.1 Å². The Labute approximate surface area is 159 Å². The minimum atomic E-state index is -0.789. The summed E-state index contributed by atoms with van der Waals surface area (Å²) in [6.45, 7) is 4.69. The zero-order chi connectivity index (χ0) is 19.6. The highest BCUT2D eigenvalue weighted by Gasteiger charge is 2.46. The number of benzene rings is 1. The van der Waals surface area contributed by atoms with E-state index in [0.717, 1.165) is 0 Å². The molecule has 2 aliphatic rings. The first-order valence-corrected chi connectivity index (χ1v) is 9.03. The fraction of sp³-hybridized carbons (Fsp3) is 0.381. The van der Waals surface area contributed by atoms with Crippen molar-refractivity contribution in [3.63, 3.8) is 0 Å². The van der Waals surface area contributed by atoms with E-state index < -0.39 is 11.0 Å². The van der Waals surface area contributed by atoms with Crippen LogP contribution >= 0.6 is 0 Å². The van der Waals surface area contributed by atoms with Gasteiger partial charge in [0.1, 0.15) is 0 Å². The molecule has 1 saturated heterocycles. The van der Waals surface area contributed by atoms with Gasteiger partial charge in [-0.15, -0.1) is 0 Å². The van der Waals surface area contributed by atoms with Crippen LogP contribution in [0.3, 0.4) is 0 Å². The fourth-order valence-electron chi connectivity index (χ4n) is 3.96. The second kappa shape index (κ2) is 7.48. The fourth-order valence-corrected chi connectivity index (χ4v) is 3.96. The minimum Gasteiger partial charge on any atom is -0.386 e. The standard InChI is InChI=1S/C21H25N3O3/c1-21(2)17-6-4-5-7-18(17)23(3)20(21)12-13-22-14-19(25)15-8-10-16(11-9-15)24(26)27/h4-13,17-19,25H,14H2,1-3H3. The predicted molar refractivity (Wildman–Crippen MR) is 107 cm³/mol. The van der Waals surface area contributed by atoms with Gasteiger partial charge in [0, 0.05) is 42.4 Å². The van der Waals surface area contributed by atoms with E-state index in [2.05, 4.69) is 55.1 Å². The molecule has 6 nitrogen and oxygen atoms in total. The van der Waals surface area contributed by atoms with E-state index in [-0.39, 0.29) is 17.6 Å². The lowest BCUT2D eigenvalue weighted by molar-refractivity contribution is -0.384. The van der Waals surface area contributed by atoms with Crippen LogP contribution in [0.1, 0.15) is 25.5 Å². The van der Waals surface area contributed by atoms with Crippen LogP contribution in [-0.4, -0.2) is 40.8 Å². The number of hydrogen-bond donors (Lipinski definition) is 1. The number of aliphatic hydroxyl groups is 1. The Morgan fingerprint density at radius 3 is 2.59 bits per heavy atom. The third kappa shape index (κ3) is 3.71. The maximum atomic E-state index is 10.7. The van der Waals surface area contributed by atoms with Crippen molar-refractivity contribution >= 4 is 11.9 Å². The van der Waals surface area contributed by atoms with Crippen LogP contribution in [0.2, 0.25) is 0 Å². The second-order valence-electron chi connectivity index (χ2n) is 7.55. The number of fused-ring (bicyclic) bond motifs is 1. The molecule has 1 N–H and O–H groups in total. The number of nitrogens with zero attached hydrogens (tertiary/aromatic N) is 3. The van der Waals surface area contributed by atoms with Gasteiger partial charge < -0.3 is 10.0 Å². The monoisotopic (exact) mass is 367 g/mol. The molecular formula is C21H25N3O3. The zero-order valence-corrected chi connectivity index (χ0v) is 15.8. The number of nitro benzene ring substituents is 1. The first kappa shape index (κ1) is 19.0. The minimum absolute atomic E-state index is 0.00365. The van der Waals surface area contributed by atoms with Gasteiger partial charge in [-0.2, -0.15) is 0 Å². The normalized spacial score (nSPS) is 25.9. The van der Waals surface area contributed by atoms with Crippen LogP contribution in [0.4, 0.5) is 5.69 Å². The van der Waals surface area contributed by atoms with Gasteiger partial charge in [-0.05, 0) is 23.8 Å². The number of rotatable bonds is 5. The van der Waals surface area contributed by atoms with Gasteiger partial charge in [-0.25, -0.2) is 0 Å². The van der Waals surface area contributed by atoms with Crippen molar-refractivity contribution in [2.45, 2.75) is 26.0 Å². The molecule has 1 aromatic rings. The number of nitro groups is 1. The van der Waals surface area contributed by atoms with Crippen molar-refractivity contribution in [1.29, 1.82) is 0 Å². The number of aliphatic hydroxyl groups excluding tert-OH is 1. The Hall–Kier alpha value is -2.73. The smallest absolute Gasteiger partial charge is 0.269 e. The average Bonchev–Trinajstić information content (AvgIpc) is 2.85. The average molecular weight is 367 g/mol. The molecule has 0 spiro atoms. The highest BCUT2D eigenvalue weighted by molar-refractivity contribution is 5.72. The summed E-state index contributed by atoms with van der Waals surface area (Å²) in [6, 6.07) is 6.27. The Balaban J connectivity index is 1.66. The maximum absolute atomic E-state index is 10.7. The summed E-state index contributed by atoms with van der Waals surface area (Å²) in [5, 5.41) is 20.9. The largest absolute Gasteiger partial charge is 0.386 e. The molecule has 27 heavy (non-hydrogen) atoms. The summed E-state index contributed by atoms with van der Waals surface area (Å²) >= 11 is 0. The molecule has 142 valence electrons. The third-order valence-electron chi connectivity index (χ3n) is 5.53. The highest BCUT2D eigenvalue weighted by Crippen LogP contribution is 2.49. The van der Waals surface area contributed by atoms with Gasteiger partial charge in [-0.1, -0.05) is 38.2 Å². The Morgan fingerprint density at radius 2 is 1.96 bits per heavy atom. The quantitative estimate of drug-likeness (QED) is 0.489. The lowest BCUT2D eigenvalue weighted by Gasteiger charge is -2.26. The number of likely N-dealkylation sites (N-methyl/N-ethyl adjacent to an activating group) is 1. The Morgan fingerprint density at radius 1 is 1.30 bits per heavy atom. The van der Waals surface area contributed by atoms with Crippen LogP contribution in [0.15, 0.2) is 65.3 Å². The highest BCUT2D eigenvalue weighted by atomic mass is 16.6. The molecular weight excluding hydrogens is 342 g/mol. The molecule has 0 saturated carbocycles. The molecule has 3 atom stereocenters. The van der Waals surface area contributed by atoms with Crippen molar-refractivity contribution in [2.75, 3.05) is 13.6 Å². The molecule has 3 rings (SSSR count). The van der Waals surface area contributed by atoms with Gasteiger partial charge in [0.25, 0.3) is 5.69 Å². The van der Waals surface area contributed by atoms with Crippen LogP contribution in [0, 0.1) is 21.4 Å². The summed E-state index contributed by atoms with van der Waals surface area (Å²) in [5.41, 5.74) is 1.84. The molecule has 3 unspecified atom stereocenters. The summed E-state index contributed by atoms with van der Waals surface area (Å²) in [6.07, 6.45) is 11.7. The van der Waals surface area contributed by atoms with E-state index >= 15 is 0 Å². The van der Waals surface area contributed by atoms with Gasteiger partial charge in [0.2, 0.25) is 0 Å². The van der Waals surface area contributed by atoms with Crippen LogP contribution in [0.5, 0.6) is 0 Å². The third-order valence-corrected chi connectivity index (χ3v) is 5.53. The number of non-ortho nitro benzene ring substituents is 1. The molecule has 1 aliphatic heterocycles. The van der Waals surface area contributed by atoms with Gasteiger partial charge >= 0.3 is 0 Å². The van der Waals surface area contributed by atoms with E-state index in [1.54, 1.807) is 18.3 Å². The Kier molecular flexibility index (Phi) is 5.28. The van der Waals surface area contributed by atoms with E-state index in [9.17, 15) is 15.2 Å². The van der Waals surface area contributed by atoms with Gasteiger partial charge in [0.15, 0.2) is 0 Å². The van der Waals surface area contributed by atoms with Gasteiger partial charge in [0.05, 0.1) is 23.6 Å². The summed E-state index contributed by atoms with van der Waals surface area (Å²) < 4.78 is 0. The molecule has 1 heterocycles. The van der Waals surface area contributed by atoms with Crippen molar-refractivity contribution < 1.29 is 10.0 Å². The van der Waals surface area contributed by atoms with Crippen LogP contribution in [-0.2, 0) is 0 Å². The van der Waals surface area contributed by atoms with Crippen LogP contribution < -0.4 is 0 Å². The SMILES string of the molecule is CN1C(=CC=NCC(O)c2ccc([N+](=O)[O-])cc2)C(C)(C)C2C=CC=CC21. The number of likely N-dealkylation sites (tertiary alicyclic amines) is 1. The molecule has 0 radical (unpaired) electrons. The summed E-state index contributed by atoms with van der Waals surface area (Å²) in [4.78, 5) is 16.9. The molecule has 1 aliphatic carbocycles. The van der Waals surface area contributed by atoms with Crippen molar-refractivity contribution in [3.8, 4) is 0 Å². The van der Waals surface area contributed by atoms with E-state index in [4.69, 9.17) is 0 Å². The predicted octanol–water partition coefficient (Wildman–Crippen LogP) is 3.67. The first-order chi connectivity index (χ1) is 12.8. The lowest BCUT2D eigenvalue weighted by Crippen LogP contribution is -2.27. The van der Waals surface area contributed by atoms with E-state index in [1.165, 1.54) is 17.8 Å². The first-order valence-electron chi connectivity index (χ1n) is 9.03. The molecule has 0 bridgehead atoms. The zero-order valence-electron chi connectivity index (χ0n) is 15.8. The van der Waals surface area contributed by atoms with E-state index in [1.807, 2.05) is 6.08 Å². The topological polar surface area (TPSA) is 79.0 Å². The summed E-state index contributed by atoms with van der Waals surface area (Å²) in [5.74, 6) is 0.429.